The van der Waals surface area contributed by atoms with Crippen LogP contribution in [0.3, 0.4) is 0 Å². The van der Waals surface area contributed by atoms with Gasteiger partial charge < -0.3 is 18.5 Å². The number of nitrogens with zero attached hydrogens (tertiary/aromatic N) is 1. The number of hydrogen-bond donors (Lipinski definition) is 0. The van der Waals surface area contributed by atoms with Crippen molar-refractivity contribution in [1.82, 2.24) is 0 Å². The molecule has 10 aromatic rings. The highest BCUT2D eigenvalue weighted by atomic mass is 16.5. The minimum absolute atomic E-state index is 0.590. The smallest absolute Gasteiger partial charge is 0.181 e. The zero-order valence-electron chi connectivity index (χ0n) is 29.6. The van der Waals surface area contributed by atoms with E-state index in [1.807, 2.05) is 18.2 Å². The van der Waals surface area contributed by atoms with Crippen LogP contribution in [0.25, 0.3) is 55.4 Å². The van der Waals surface area contributed by atoms with Crippen molar-refractivity contribution in [2.45, 2.75) is 5.41 Å². The average Bonchev–Trinajstić information content (AvgIpc) is 3.89. The molecule has 0 bridgehead atoms. The van der Waals surface area contributed by atoms with Gasteiger partial charge in [-0.1, -0.05) is 127 Å². The molecule has 0 radical (unpaired) electrons. The van der Waals surface area contributed by atoms with E-state index in [1.54, 1.807) is 0 Å². The average molecular weight is 706 g/mol. The lowest BCUT2D eigenvalue weighted by Gasteiger charge is -2.39. The zero-order chi connectivity index (χ0) is 36.1. The first-order valence-electron chi connectivity index (χ1n) is 18.7. The fourth-order valence-electron chi connectivity index (χ4n) is 9.27. The van der Waals surface area contributed by atoms with E-state index in [2.05, 4.69) is 175 Å². The summed E-state index contributed by atoms with van der Waals surface area (Å²) in [5.41, 5.74) is 15.1. The number of hydrogen-bond acceptors (Lipinski definition) is 4. The van der Waals surface area contributed by atoms with Crippen LogP contribution >= 0.6 is 0 Å². The third-order valence-corrected chi connectivity index (χ3v) is 11.5. The lowest BCUT2D eigenvalue weighted by Crippen LogP contribution is -2.32. The zero-order valence-corrected chi connectivity index (χ0v) is 29.6. The quantitative estimate of drug-likeness (QED) is 0.183. The molecule has 1 aliphatic heterocycles. The molecule has 258 valence electrons. The van der Waals surface area contributed by atoms with E-state index in [0.717, 1.165) is 83.9 Å². The maximum Gasteiger partial charge on any atom is 0.181 e. The topological polar surface area (TPSA) is 38.8 Å². The summed E-state index contributed by atoms with van der Waals surface area (Å²) in [5, 5.41) is 1.91. The monoisotopic (exact) mass is 705 g/mol. The van der Waals surface area contributed by atoms with Crippen LogP contribution in [0.15, 0.2) is 197 Å². The van der Waals surface area contributed by atoms with Gasteiger partial charge in [0, 0.05) is 28.1 Å². The molecule has 0 unspecified atom stereocenters. The van der Waals surface area contributed by atoms with Gasteiger partial charge in [0.1, 0.15) is 22.7 Å². The van der Waals surface area contributed by atoms with Crippen LogP contribution < -0.4 is 9.64 Å². The van der Waals surface area contributed by atoms with E-state index < -0.39 is 5.41 Å². The minimum atomic E-state index is -0.590. The molecule has 0 fully saturated rings. The second-order valence-electron chi connectivity index (χ2n) is 14.4. The summed E-state index contributed by atoms with van der Waals surface area (Å²) in [6.45, 7) is 0. The second-order valence-corrected chi connectivity index (χ2v) is 14.4. The summed E-state index contributed by atoms with van der Waals surface area (Å²) in [4.78, 5) is 2.39. The molecule has 0 N–H and O–H groups in total. The predicted octanol–water partition coefficient (Wildman–Crippen LogP) is 13.9. The number of anilines is 3. The van der Waals surface area contributed by atoms with Gasteiger partial charge in [-0.05, 0) is 88.5 Å². The number of benzene rings is 8. The Morgan fingerprint density at radius 2 is 0.945 bits per heavy atom. The summed E-state index contributed by atoms with van der Waals surface area (Å²) in [5.74, 6) is 1.75. The third kappa shape index (κ3) is 4.16. The highest BCUT2D eigenvalue weighted by Gasteiger charge is 2.51. The Morgan fingerprint density at radius 1 is 0.382 bits per heavy atom. The molecule has 3 heterocycles. The summed E-state index contributed by atoms with van der Waals surface area (Å²) >= 11 is 0. The van der Waals surface area contributed by atoms with Crippen molar-refractivity contribution < 1.29 is 13.6 Å². The van der Waals surface area contributed by atoms with Gasteiger partial charge in [-0.25, -0.2) is 0 Å². The minimum Gasteiger partial charge on any atom is -0.457 e. The van der Waals surface area contributed by atoms with Crippen LogP contribution in [-0.2, 0) is 5.41 Å². The molecule has 0 amide bonds. The first-order valence-corrected chi connectivity index (χ1v) is 18.7. The highest BCUT2D eigenvalue weighted by molar-refractivity contribution is 6.13. The summed E-state index contributed by atoms with van der Waals surface area (Å²) in [7, 11) is 0. The predicted molar refractivity (Wildman–Crippen MR) is 221 cm³/mol. The van der Waals surface area contributed by atoms with Crippen LogP contribution in [0.2, 0.25) is 0 Å². The molecule has 4 heteroatoms. The summed E-state index contributed by atoms with van der Waals surface area (Å²) < 4.78 is 19.6. The van der Waals surface area contributed by atoms with Gasteiger partial charge in [-0.3, -0.25) is 0 Å². The summed E-state index contributed by atoms with van der Waals surface area (Å²) in [6.07, 6.45) is 0. The normalized spacial score (nSPS) is 13.4. The fourth-order valence-corrected chi connectivity index (χ4v) is 9.27. The Bertz CT molecular complexity index is 3110. The molecule has 1 aliphatic carbocycles. The Labute approximate surface area is 317 Å². The van der Waals surface area contributed by atoms with Gasteiger partial charge in [0.15, 0.2) is 11.2 Å². The van der Waals surface area contributed by atoms with Crippen molar-refractivity contribution in [2.75, 3.05) is 4.90 Å². The molecule has 12 rings (SSSR count). The van der Waals surface area contributed by atoms with Crippen LogP contribution in [-0.4, -0.2) is 0 Å². The Kier molecular flexibility index (Phi) is 6.23. The third-order valence-electron chi connectivity index (χ3n) is 11.5. The van der Waals surface area contributed by atoms with Crippen molar-refractivity contribution in [3.05, 3.63) is 210 Å². The Morgan fingerprint density at radius 3 is 1.75 bits per heavy atom. The maximum atomic E-state index is 6.64. The standard InChI is InChI=1S/C51H31NO3/c1-2-14-32(15-3-1)35-16-5-10-22-44(35)52(33-27-29-46-39(30-33)50-49(55-46)38-18-6-11-23-45(38)54-50)34-26-28-37-36-17-4-7-19-40(36)51(43(37)31-34)41-20-8-12-24-47(41)53-48-25-13-9-21-42(48)51/h1-31H. The van der Waals surface area contributed by atoms with Gasteiger partial charge in [0.2, 0.25) is 0 Å². The maximum absolute atomic E-state index is 6.64. The van der Waals surface area contributed by atoms with E-state index in [1.165, 1.54) is 22.3 Å². The number of furan rings is 2. The highest BCUT2D eigenvalue weighted by Crippen LogP contribution is 2.62. The molecule has 0 saturated heterocycles. The second kappa shape index (κ2) is 11.3. The van der Waals surface area contributed by atoms with Gasteiger partial charge in [-0.15, -0.1) is 0 Å². The Balaban J connectivity index is 1.16. The van der Waals surface area contributed by atoms with Crippen molar-refractivity contribution in [3.8, 4) is 33.8 Å². The molecule has 0 atom stereocenters. The molecule has 4 nitrogen and oxygen atoms in total. The molecule has 2 aliphatic rings. The largest absolute Gasteiger partial charge is 0.457 e. The first kappa shape index (κ1) is 30.2. The van der Waals surface area contributed by atoms with Gasteiger partial charge in [0.25, 0.3) is 0 Å². The molecular weight excluding hydrogens is 675 g/mol. The number of ether oxygens (including phenoxy) is 1. The number of fused-ring (bicyclic) bond motifs is 14. The number of para-hydroxylation sites is 4. The van der Waals surface area contributed by atoms with E-state index in [4.69, 9.17) is 13.6 Å². The lowest BCUT2D eigenvalue weighted by molar-refractivity contribution is 0.436. The van der Waals surface area contributed by atoms with Crippen LogP contribution in [0.1, 0.15) is 22.3 Å². The lowest BCUT2D eigenvalue weighted by atomic mass is 9.66. The van der Waals surface area contributed by atoms with Crippen LogP contribution in [0.5, 0.6) is 11.5 Å². The molecule has 0 saturated carbocycles. The van der Waals surface area contributed by atoms with Crippen LogP contribution in [0, 0.1) is 0 Å². The van der Waals surface area contributed by atoms with E-state index in [9.17, 15) is 0 Å². The van der Waals surface area contributed by atoms with E-state index in [-0.39, 0.29) is 0 Å². The van der Waals surface area contributed by atoms with Gasteiger partial charge in [-0.2, -0.15) is 0 Å². The van der Waals surface area contributed by atoms with Gasteiger partial charge in [0.05, 0.1) is 21.9 Å². The first-order chi connectivity index (χ1) is 27.3. The van der Waals surface area contributed by atoms with E-state index in [0.29, 0.717) is 0 Å². The van der Waals surface area contributed by atoms with E-state index >= 15 is 0 Å². The van der Waals surface area contributed by atoms with Crippen molar-refractivity contribution >= 4 is 50.2 Å². The van der Waals surface area contributed by atoms with Crippen molar-refractivity contribution in [1.29, 1.82) is 0 Å². The van der Waals surface area contributed by atoms with Crippen molar-refractivity contribution in [3.63, 3.8) is 0 Å². The van der Waals surface area contributed by atoms with Crippen molar-refractivity contribution in [2.24, 2.45) is 0 Å². The fraction of sp³-hybridized carbons (Fsp3) is 0.0196. The van der Waals surface area contributed by atoms with Crippen LogP contribution in [0.4, 0.5) is 17.1 Å². The molecule has 2 aromatic heterocycles. The number of rotatable bonds is 4. The molecular formula is C51H31NO3. The van der Waals surface area contributed by atoms with Gasteiger partial charge >= 0.3 is 0 Å². The summed E-state index contributed by atoms with van der Waals surface area (Å²) in [6, 6.07) is 66.7. The molecule has 55 heavy (non-hydrogen) atoms. The SMILES string of the molecule is c1ccc(-c2ccccc2N(c2ccc3c(c2)C2(c4ccccc4Oc4ccccc42)c2ccccc2-3)c2ccc3oc4c5ccccc5oc4c3c2)cc1. The Hall–Kier alpha value is -7.30. The molecule has 1 spiro atoms. The molecule has 8 aromatic carbocycles.